The first kappa shape index (κ1) is 36.6. The largest absolute Gasteiger partial charge is 0.497 e. The van der Waals surface area contributed by atoms with E-state index in [1.165, 1.54) is 12.0 Å². The van der Waals surface area contributed by atoms with Crippen molar-refractivity contribution in [2.75, 3.05) is 72.5 Å². The molecule has 4 aromatic rings. The molecule has 2 aliphatic heterocycles. The molecule has 2 fully saturated rings. The average Bonchev–Trinajstić information content (AvgIpc) is 3.17. The van der Waals surface area contributed by atoms with Crippen molar-refractivity contribution < 1.29 is 28.5 Å². The number of ether oxygens (including phenoxy) is 4. The van der Waals surface area contributed by atoms with Crippen LogP contribution in [0.25, 0.3) is 0 Å². The van der Waals surface area contributed by atoms with E-state index in [0.29, 0.717) is 52.5 Å². The van der Waals surface area contributed by atoms with Crippen LogP contribution in [-0.4, -0.2) is 110 Å². The van der Waals surface area contributed by atoms with Gasteiger partial charge >= 0.3 is 6.09 Å². The van der Waals surface area contributed by atoms with Gasteiger partial charge in [-0.15, -0.1) is 0 Å². The summed E-state index contributed by atoms with van der Waals surface area (Å²) in [7, 11) is 6.85. The first-order valence-corrected chi connectivity index (χ1v) is 17.7. The second-order valence-corrected chi connectivity index (χ2v) is 13.4. The molecule has 3 aromatic carbocycles. The highest BCUT2D eigenvalue weighted by Crippen LogP contribution is 2.37. The van der Waals surface area contributed by atoms with Crippen LogP contribution in [0.1, 0.15) is 45.7 Å². The van der Waals surface area contributed by atoms with E-state index in [2.05, 4.69) is 21.8 Å². The maximum absolute atomic E-state index is 14.0. The number of aromatic nitrogens is 2. The molecule has 2 amide bonds. The first-order valence-electron chi connectivity index (χ1n) is 17.7. The van der Waals surface area contributed by atoms with Crippen LogP contribution in [0.2, 0.25) is 0 Å². The molecule has 0 radical (unpaired) electrons. The summed E-state index contributed by atoms with van der Waals surface area (Å²) in [5.74, 6) is 2.73. The van der Waals surface area contributed by atoms with Gasteiger partial charge in [-0.3, -0.25) is 9.69 Å². The highest BCUT2D eigenvalue weighted by atomic mass is 16.6. The standard InChI is InChI=1S/C40H48N6O6/c1-27-8-7-9-28(2)38(27)52-40(48)46(33-13-12-32(49-4)26-35(33)51-6)37-14-17-41-36(42-37)25-29-10-11-30(24-34(29)50-5)39(47)45-18-15-31(16-19-45)44-22-20-43(3)21-23-44/h7-14,17,24,26,31H,15-16,18-23,25H2,1-6H3. The number of carbonyl (C=O) groups is 2. The SMILES string of the molecule is COc1ccc(N(C(=O)Oc2c(C)cccc2C)c2ccnc(Cc3ccc(C(=O)N4CCC(N5CCN(C)CC5)CC4)cc3OC)n2)c(OC)c1. The number of hydrogen-bond acceptors (Lipinski definition) is 10. The van der Waals surface area contributed by atoms with E-state index < -0.39 is 6.09 Å². The lowest BCUT2D eigenvalue weighted by atomic mass is 10.0. The lowest BCUT2D eigenvalue weighted by Gasteiger charge is -2.42. The summed E-state index contributed by atoms with van der Waals surface area (Å²) in [6.07, 6.45) is 3.19. The number of carbonyl (C=O) groups excluding carboxylic acids is 2. The van der Waals surface area contributed by atoms with E-state index in [9.17, 15) is 9.59 Å². The van der Waals surface area contributed by atoms with Gasteiger partial charge in [-0.05, 0) is 75.2 Å². The Kier molecular flexibility index (Phi) is 11.6. The highest BCUT2D eigenvalue weighted by molar-refractivity contribution is 5.98. The Balaban J connectivity index is 1.22. The fourth-order valence-electron chi connectivity index (χ4n) is 6.97. The van der Waals surface area contributed by atoms with Crippen LogP contribution in [0.4, 0.5) is 16.3 Å². The van der Waals surface area contributed by atoms with Crippen molar-refractivity contribution in [3.63, 3.8) is 0 Å². The van der Waals surface area contributed by atoms with Gasteiger partial charge in [0.1, 0.15) is 34.6 Å². The number of anilines is 2. The summed E-state index contributed by atoms with van der Waals surface area (Å²) >= 11 is 0. The third-order valence-electron chi connectivity index (χ3n) is 10.0. The normalized spacial score (nSPS) is 15.6. The van der Waals surface area contributed by atoms with Crippen LogP contribution in [0.5, 0.6) is 23.0 Å². The number of methoxy groups -OCH3 is 3. The van der Waals surface area contributed by atoms with Gasteiger partial charge in [-0.1, -0.05) is 24.3 Å². The Morgan fingerprint density at radius 2 is 1.54 bits per heavy atom. The zero-order valence-electron chi connectivity index (χ0n) is 30.9. The Morgan fingerprint density at radius 3 is 2.21 bits per heavy atom. The van der Waals surface area contributed by atoms with Crippen molar-refractivity contribution in [2.45, 2.75) is 39.2 Å². The number of piperidine rings is 1. The van der Waals surface area contributed by atoms with Crippen LogP contribution in [0.3, 0.4) is 0 Å². The van der Waals surface area contributed by atoms with Gasteiger partial charge in [-0.25, -0.2) is 19.7 Å². The number of para-hydroxylation sites is 1. The van der Waals surface area contributed by atoms with Gasteiger partial charge in [0.15, 0.2) is 0 Å². The minimum absolute atomic E-state index is 0.00593. The number of amides is 2. The zero-order chi connectivity index (χ0) is 36.8. The lowest BCUT2D eigenvalue weighted by molar-refractivity contribution is 0.0518. The van der Waals surface area contributed by atoms with Crippen LogP contribution in [0, 0.1) is 13.8 Å². The number of likely N-dealkylation sites (tertiary alicyclic amines) is 1. The van der Waals surface area contributed by atoms with Crippen molar-refractivity contribution in [1.82, 2.24) is 24.7 Å². The molecule has 6 rings (SSSR count). The van der Waals surface area contributed by atoms with E-state index in [1.807, 2.05) is 49.1 Å². The van der Waals surface area contributed by atoms with Gasteiger partial charge in [0.25, 0.3) is 5.91 Å². The summed E-state index contributed by atoms with van der Waals surface area (Å²) in [5, 5.41) is 0. The number of aryl methyl sites for hydroxylation is 2. The second-order valence-electron chi connectivity index (χ2n) is 13.4. The van der Waals surface area contributed by atoms with Gasteiger partial charge in [-0.2, -0.15) is 0 Å². The molecule has 0 bridgehead atoms. The summed E-state index contributed by atoms with van der Waals surface area (Å²) in [5.41, 5.74) is 3.44. The zero-order valence-corrected chi connectivity index (χ0v) is 30.9. The van der Waals surface area contributed by atoms with Crippen LogP contribution in [0.15, 0.2) is 66.9 Å². The molecule has 2 saturated heterocycles. The summed E-state index contributed by atoms with van der Waals surface area (Å²) in [6, 6.07) is 18.5. The molecular weight excluding hydrogens is 660 g/mol. The maximum atomic E-state index is 14.0. The molecule has 0 aliphatic carbocycles. The number of rotatable bonds is 10. The van der Waals surface area contributed by atoms with Gasteiger partial charge in [0, 0.05) is 75.1 Å². The molecule has 0 N–H and O–H groups in total. The highest BCUT2D eigenvalue weighted by Gasteiger charge is 2.30. The van der Waals surface area contributed by atoms with Crippen molar-refractivity contribution in [1.29, 1.82) is 0 Å². The summed E-state index contributed by atoms with van der Waals surface area (Å²) in [4.78, 5) is 45.3. The third kappa shape index (κ3) is 8.13. The molecule has 0 spiro atoms. The Morgan fingerprint density at radius 1 is 0.827 bits per heavy atom. The average molecular weight is 709 g/mol. The molecule has 0 saturated carbocycles. The first-order chi connectivity index (χ1) is 25.2. The second kappa shape index (κ2) is 16.4. The quantitative estimate of drug-likeness (QED) is 0.198. The van der Waals surface area contributed by atoms with Gasteiger partial charge in [0.05, 0.1) is 27.0 Å². The number of nitrogens with zero attached hydrogens (tertiary/aromatic N) is 6. The van der Waals surface area contributed by atoms with E-state index in [1.54, 1.807) is 50.7 Å². The van der Waals surface area contributed by atoms with Crippen molar-refractivity contribution in [2.24, 2.45) is 0 Å². The van der Waals surface area contributed by atoms with Crippen molar-refractivity contribution in [3.8, 4) is 23.0 Å². The summed E-state index contributed by atoms with van der Waals surface area (Å²) in [6.45, 7) is 9.62. The molecule has 1 aromatic heterocycles. The molecule has 3 heterocycles. The lowest BCUT2D eigenvalue weighted by Crippen LogP contribution is -2.52. The monoisotopic (exact) mass is 708 g/mol. The van der Waals surface area contributed by atoms with Crippen LogP contribution < -0.4 is 23.8 Å². The number of hydrogen-bond donors (Lipinski definition) is 0. The maximum Gasteiger partial charge on any atom is 0.425 e. The van der Waals surface area contributed by atoms with E-state index in [4.69, 9.17) is 23.9 Å². The van der Waals surface area contributed by atoms with E-state index in [0.717, 1.165) is 68.8 Å². The fourth-order valence-corrected chi connectivity index (χ4v) is 6.97. The topological polar surface area (TPSA) is 110 Å². The third-order valence-corrected chi connectivity index (χ3v) is 10.0. The predicted octanol–water partition coefficient (Wildman–Crippen LogP) is 5.90. The fraction of sp³-hybridized carbons (Fsp3) is 0.400. The molecule has 12 heteroatoms. The number of benzene rings is 3. The summed E-state index contributed by atoms with van der Waals surface area (Å²) < 4.78 is 22.9. The molecule has 2 aliphatic rings. The molecule has 0 unspecified atom stereocenters. The Labute approximate surface area is 305 Å². The molecule has 52 heavy (non-hydrogen) atoms. The Bertz CT molecular complexity index is 1870. The van der Waals surface area contributed by atoms with Crippen LogP contribution in [-0.2, 0) is 6.42 Å². The van der Waals surface area contributed by atoms with E-state index in [-0.39, 0.29) is 11.7 Å². The number of likely N-dealkylation sites (N-methyl/N-ethyl adjacent to an activating group) is 1. The molecular formula is C40H48N6O6. The minimum Gasteiger partial charge on any atom is -0.497 e. The van der Waals surface area contributed by atoms with Crippen LogP contribution >= 0.6 is 0 Å². The van der Waals surface area contributed by atoms with Crippen molar-refractivity contribution >= 4 is 23.5 Å². The number of piperazine rings is 1. The van der Waals surface area contributed by atoms with E-state index >= 15 is 0 Å². The molecule has 0 atom stereocenters. The Hall–Kier alpha value is -5.20. The molecule has 274 valence electrons. The van der Waals surface area contributed by atoms with Gasteiger partial charge < -0.3 is 28.7 Å². The van der Waals surface area contributed by atoms with Gasteiger partial charge in [0.2, 0.25) is 0 Å². The predicted molar refractivity (Wildman–Crippen MR) is 199 cm³/mol. The van der Waals surface area contributed by atoms with Crippen molar-refractivity contribution in [3.05, 3.63) is 94.9 Å². The smallest absolute Gasteiger partial charge is 0.425 e. The minimum atomic E-state index is -0.668. The molecule has 12 nitrogen and oxygen atoms in total.